The highest BCUT2D eigenvalue weighted by Gasteiger charge is 2.19. The van der Waals surface area contributed by atoms with Gasteiger partial charge >= 0.3 is 0 Å². The van der Waals surface area contributed by atoms with Gasteiger partial charge in [-0.3, -0.25) is 0 Å². The van der Waals surface area contributed by atoms with Crippen LogP contribution < -0.4 is 4.74 Å². The lowest BCUT2D eigenvalue weighted by atomic mass is 10.0. The van der Waals surface area contributed by atoms with Gasteiger partial charge < -0.3 is 4.74 Å². The summed E-state index contributed by atoms with van der Waals surface area (Å²) in [6.45, 7) is 0.729. The van der Waals surface area contributed by atoms with Crippen LogP contribution in [0.1, 0.15) is 21.5 Å². The van der Waals surface area contributed by atoms with Gasteiger partial charge in [0, 0.05) is 6.42 Å². The Bertz CT molecular complexity index is 630. The Hall–Kier alpha value is -1.06. The summed E-state index contributed by atoms with van der Waals surface area (Å²) in [4.78, 5) is -0.124. The number of hydrogen-bond acceptors (Lipinski definition) is 1. The molecule has 0 aliphatic carbocycles. The van der Waals surface area contributed by atoms with Gasteiger partial charge in [0.25, 0.3) is 0 Å². The van der Waals surface area contributed by atoms with Crippen LogP contribution in [0.5, 0.6) is 5.75 Å². The Balaban J connectivity index is 2.00. The molecule has 1 unspecified atom stereocenters. The van der Waals surface area contributed by atoms with Crippen LogP contribution in [0.2, 0.25) is 5.02 Å². The zero-order chi connectivity index (χ0) is 13.4. The molecule has 0 N–H and O–H groups in total. The second-order valence-electron chi connectivity index (χ2n) is 4.47. The smallest absolute Gasteiger partial charge is 0.142 e. The number of ether oxygens (including phenoxy) is 1. The average molecular weight is 342 g/mol. The molecule has 19 heavy (non-hydrogen) atoms. The van der Waals surface area contributed by atoms with Crippen molar-refractivity contribution in [3.05, 3.63) is 63.9 Å². The lowest BCUT2D eigenvalue weighted by molar-refractivity contribution is 0.357. The van der Waals surface area contributed by atoms with Gasteiger partial charge in [-0.15, -0.1) is 0 Å². The quantitative estimate of drug-likeness (QED) is 0.706. The van der Waals surface area contributed by atoms with Crippen molar-refractivity contribution in [3.8, 4) is 5.75 Å². The highest BCUT2D eigenvalue weighted by molar-refractivity contribution is 9.09. The molecule has 0 spiro atoms. The molecule has 4 heteroatoms. The standard InChI is InChI=1S/C15H11BrClFO/c16-14(11-2-1-3-12(18)15(11)17)10-4-5-13-9(8-10)6-7-19-13/h1-5,8,14H,6-7H2. The summed E-state index contributed by atoms with van der Waals surface area (Å²) in [6.07, 6.45) is 0.916. The van der Waals surface area contributed by atoms with Gasteiger partial charge in [0.1, 0.15) is 11.6 Å². The van der Waals surface area contributed by atoms with E-state index in [0.717, 1.165) is 29.9 Å². The van der Waals surface area contributed by atoms with Crippen molar-refractivity contribution < 1.29 is 9.13 Å². The van der Waals surface area contributed by atoms with Gasteiger partial charge in [0.15, 0.2) is 0 Å². The van der Waals surface area contributed by atoms with Crippen LogP contribution in [0.15, 0.2) is 36.4 Å². The normalized spacial score (nSPS) is 14.9. The zero-order valence-electron chi connectivity index (χ0n) is 10.00. The second-order valence-corrected chi connectivity index (χ2v) is 5.76. The predicted molar refractivity (Wildman–Crippen MR) is 77.8 cm³/mol. The minimum atomic E-state index is -0.395. The van der Waals surface area contributed by atoms with Gasteiger partial charge in [-0.25, -0.2) is 4.39 Å². The monoisotopic (exact) mass is 340 g/mol. The van der Waals surface area contributed by atoms with Crippen LogP contribution in [-0.2, 0) is 6.42 Å². The summed E-state index contributed by atoms with van der Waals surface area (Å²) in [5.41, 5.74) is 2.98. The molecule has 0 saturated carbocycles. The molecule has 1 atom stereocenters. The summed E-state index contributed by atoms with van der Waals surface area (Å²) in [5, 5.41) is 0.168. The van der Waals surface area contributed by atoms with Crippen LogP contribution >= 0.6 is 27.5 Å². The SMILES string of the molecule is Fc1cccc(C(Br)c2ccc3c(c2)CCO3)c1Cl. The highest BCUT2D eigenvalue weighted by Crippen LogP contribution is 2.38. The van der Waals surface area contributed by atoms with Crippen molar-refractivity contribution in [2.24, 2.45) is 0 Å². The number of hydrogen-bond donors (Lipinski definition) is 0. The molecule has 1 aliphatic rings. The van der Waals surface area contributed by atoms with E-state index in [2.05, 4.69) is 22.0 Å². The van der Waals surface area contributed by atoms with Gasteiger partial charge in [-0.1, -0.05) is 51.8 Å². The summed E-state index contributed by atoms with van der Waals surface area (Å²) >= 11 is 9.62. The molecule has 0 bridgehead atoms. The van der Waals surface area contributed by atoms with E-state index < -0.39 is 5.82 Å². The highest BCUT2D eigenvalue weighted by atomic mass is 79.9. The van der Waals surface area contributed by atoms with Crippen molar-refractivity contribution in [1.29, 1.82) is 0 Å². The lowest BCUT2D eigenvalue weighted by Gasteiger charge is -2.14. The van der Waals surface area contributed by atoms with Gasteiger partial charge in [0.2, 0.25) is 0 Å². The van der Waals surface area contributed by atoms with Crippen molar-refractivity contribution in [2.75, 3.05) is 6.61 Å². The van der Waals surface area contributed by atoms with Gasteiger partial charge in [-0.2, -0.15) is 0 Å². The van der Waals surface area contributed by atoms with Crippen molar-refractivity contribution >= 4 is 27.5 Å². The predicted octanol–water partition coefficient (Wildman–Crippen LogP) is 4.90. The Kier molecular flexibility index (Phi) is 3.50. The van der Waals surface area contributed by atoms with E-state index in [1.54, 1.807) is 6.07 Å². The Morgan fingerprint density at radius 3 is 2.95 bits per heavy atom. The van der Waals surface area contributed by atoms with Crippen molar-refractivity contribution in [3.63, 3.8) is 0 Å². The molecular weight excluding hydrogens is 331 g/mol. The second kappa shape index (κ2) is 5.14. The summed E-state index contributed by atoms with van der Waals surface area (Å²) in [6, 6.07) is 10.9. The van der Waals surface area contributed by atoms with E-state index in [1.807, 2.05) is 18.2 Å². The lowest BCUT2D eigenvalue weighted by Crippen LogP contribution is -1.96. The van der Waals surface area contributed by atoms with Crippen molar-refractivity contribution in [1.82, 2.24) is 0 Å². The molecule has 0 fully saturated rings. The first-order valence-corrected chi connectivity index (χ1v) is 7.30. The number of rotatable bonds is 2. The van der Waals surface area contributed by atoms with E-state index in [-0.39, 0.29) is 9.85 Å². The fraction of sp³-hybridized carbons (Fsp3) is 0.200. The molecule has 0 saturated heterocycles. The fourth-order valence-corrected chi connectivity index (χ4v) is 3.29. The molecule has 2 aromatic carbocycles. The Morgan fingerprint density at radius 2 is 2.11 bits per heavy atom. The number of alkyl halides is 1. The summed E-state index contributed by atoms with van der Waals surface area (Å²) in [7, 11) is 0. The van der Waals surface area contributed by atoms with Crippen LogP contribution in [0, 0.1) is 5.82 Å². The molecule has 1 nitrogen and oxygen atoms in total. The molecule has 0 amide bonds. The number of benzene rings is 2. The summed E-state index contributed by atoms with van der Waals surface area (Å²) in [5.74, 6) is 0.543. The Labute approximate surface area is 124 Å². The topological polar surface area (TPSA) is 9.23 Å². The maximum Gasteiger partial charge on any atom is 0.142 e. The first-order chi connectivity index (χ1) is 9.16. The fourth-order valence-electron chi connectivity index (χ4n) is 2.26. The maximum absolute atomic E-state index is 13.5. The molecule has 1 aliphatic heterocycles. The maximum atomic E-state index is 13.5. The largest absolute Gasteiger partial charge is 0.493 e. The van der Waals surface area contributed by atoms with Crippen LogP contribution in [0.3, 0.4) is 0 Å². The van der Waals surface area contributed by atoms with E-state index in [0.29, 0.717) is 0 Å². The minimum Gasteiger partial charge on any atom is -0.493 e. The molecule has 1 heterocycles. The van der Waals surface area contributed by atoms with Crippen LogP contribution in [-0.4, -0.2) is 6.61 Å². The van der Waals surface area contributed by atoms with E-state index in [9.17, 15) is 4.39 Å². The van der Waals surface area contributed by atoms with Crippen molar-refractivity contribution in [2.45, 2.75) is 11.2 Å². The molecular formula is C15H11BrClFO. The number of fused-ring (bicyclic) bond motifs is 1. The van der Waals surface area contributed by atoms with Crippen LogP contribution in [0.4, 0.5) is 4.39 Å². The molecule has 0 radical (unpaired) electrons. The zero-order valence-corrected chi connectivity index (χ0v) is 12.3. The first-order valence-electron chi connectivity index (χ1n) is 6.00. The minimum absolute atomic E-state index is 0.124. The molecule has 0 aromatic heterocycles. The molecule has 98 valence electrons. The first kappa shape index (κ1) is 12.9. The molecule has 2 aromatic rings. The van der Waals surface area contributed by atoms with Crippen LogP contribution in [0.25, 0.3) is 0 Å². The Morgan fingerprint density at radius 1 is 1.26 bits per heavy atom. The van der Waals surface area contributed by atoms with E-state index in [4.69, 9.17) is 16.3 Å². The third-order valence-electron chi connectivity index (χ3n) is 3.26. The average Bonchev–Trinajstić information content (AvgIpc) is 2.88. The van der Waals surface area contributed by atoms with E-state index >= 15 is 0 Å². The third-order valence-corrected chi connectivity index (χ3v) is 4.68. The van der Waals surface area contributed by atoms with Gasteiger partial charge in [0.05, 0.1) is 16.5 Å². The molecule has 3 rings (SSSR count). The van der Waals surface area contributed by atoms with E-state index in [1.165, 1.54) is 11.6 Å². The third kappa shape index (κ3) is 2.37. The van der Waals surface area contributed by atoms with Gasteiger partial charge in [-0.05, 0) is 28.8 Å². The summed E-state index contributed by atoms with van der Waals surface area (Å²) < 4.78 is 19.0. The number of halogens is 3.